The summed E-state index contributed by atoms with van der Waals surface area (Å²) in [7, 11) is 1.55. The van der Waals surface area contributed by atoms with Crippen LogP contribution in [0.15, 0.2) is 22.7 Å². The fraction of sp³-hybridized carbons (Fsp3) is 0.273. The molecule has 0 aliphatic carbocycles. The van der Waals surface area contributed by atoms with Gasteiger partial charge in [0.05, 0.1) is 11.6 Å². The first-order valence-electron chi connectivity index (χ1n) is 5.14. The quantitative estimate of drug-likeness (QED) is 0.784. The van der Waals surface area contributed by atoms with E-state index >= 15 is 0 Å². The summed E-state index contributed by atoms with van der Waals surface area (Å²) in [5.74, 6) is 0.145. The van der Waals surface area contributed by atoms with Crippen molar-refractivity contribution in [1.29, 1.82) is 0 Å². The molecule has 0 bridgehead atoms. The number of rotatable bonds is 4. The number of primary amides is 1. The Kier molecular flexibility index (Phi) is 4.96. The lowest BCUT2D eigenvalue weighted by atomic mass is 10.2. The van der Waals surface area contributed by atoms with Gasteiger partial charge in [-0.05, 0) is 35.0 Å². The first kappa shape index (κ1) is 14.3. The molecule has 0 aliphatic heterocycles. The van der Waals surface area contributed by atoms with Crippen LogP contribution in [-0.4, -0.2) is 25.1 Å². The number of urea groups is 1. The standard InChI is InChI=1S/C11H14BrN3O3/c1-6(10(16)15-11(13)17)14-7-3-4-8(12)9(5-7)18-2/h3-6,14H,1-2H3,(H3,13,15,16,17). The van der Waals surface area contributed by atoms with E-state index in [-0.39, 0.29) is 0 Å². The summed E-state index contributed by atoms with van der Waals surface area (Å²) in [4.78, 5) is 22.0. The van der Waals surface area contributed by atoms with Crippen molar-refractivity contribution in [2.75, 3.05) is 12.4 Å². The number of benzene rings is 1. The zero-order valence-corrected chi connectivity index (χ0v) is 11.6. The van der Waals surface area contributed by atoms with Crippen LogP contribution in [-0.2, 0) is 4.79 Å². The molecule has 18 heavy (non-hydrogen) atoms. The third-order valence-corrected chi connectivity index (χ3v) is 2.83. The Balaban J connectivity index is 2.72. The van der Waals surface area contributed by atoms with E-state index in [2.05, 4.69) is 21.2 Å². The lowest BCUT2D eigenvalue weighted by molar-refractivity contribution is -0.120. The van der Waals surface area contributed by atoms with Crippen LogP contribution < -0.4 is 21.1 Å². The highest BCUT2D eigenvalue weighted by Gasteiger charge is 2.14. The van der Waals surface area contributed by atoms with Gasteiger partial charge in [-0.25, -0.2) is 4.79 Å². The normalized spacial score (nSPS) is 11.5. The molecule has 7 heteroatoms. The van der Waals surface area contributed by atoms with Crippen molar-refractivity contribution >= 4 is 33.6 Å². The van der Waals surface area contributed by atoms with Crippen LogP contribution in [0.4, 0.5) is 10.5 Å². The molecule has 3 amide bonds. The van der Waals surface area contributed by atoms with Crippen molar-refractivity contribution in [2.45, 2.75) is 13.0 Å². The molecule has 1 aromatic carbocycles. The summed E-state index contributed by atoms with van der Waals surface area (Å²) in [5.41, 5.74) is 5.56. The lowest BCUT2D eigenvalue weighted by Gasteiger charge is -2.15. The van der Waals surface area contributed by atoms with Gasteiger partial charge in [0.25, 0.3) is 0 Å². The average molecular weight is 316 g/mol. The summed E-state index contributed by atoms with van der Waals surface area (Å²) in [6.45, 7) is 1.62. The first-order valence-corrected chi connectivity index (χ1v) is 5.93. The minimum Gasteiger partial charge on any atom is -0.495 e. The number of hydrogen-bond donors (Lipinski definition) is 3. The van der Waals surface area contributed by atoms with E-state index in [1.54, 1.807) is 32.2 Å². The Morgan fingerprint density at radius 1 is 1.44 bits per heavy atom. The van der Waals surface area contributed by atoms with Gasteiger partial charge < -0.3 is 15.8 Å². The van der Waals surface area contributed by atoms with Gasteiger partial charge in [0.15, 0.2) is 0 Å². The van der Waals surface area contributed by atoms with Crippen molar-refractivity contribution in [3.8, 4) is 5.75 Å². The van der Waals surface area contributed by atoms with E-state index in [1.165, 1.54) is 0 Å². The largest absolute Gasteiger partial charge is 0.495 e. The minimum absolute atomic E-state index is 0.496. The van der Waals surface area contributed by atoms with Crippen LogP contribution in [0, 0.1) is 0 Å². The molecular weight excluding hydrogens is 302 g/mol. The van der Waals surface area contributed by atoms with Gasteiger partial charge >= 0.3 is 6.03 Å². The van der Waals surface area contributed by atoms with Crippen molar-refractivity contribution in [3.63, 3.8) is 0 Å². The lowest BCUT2D eigenvalue weighted by Crippen LogP contribution is -2.43. The zero-order valence-electron chi connectivity index (χ0n) is 9.99. The number of anilines is 1. The number of amides is 3. The average Bonchev–Trinajstić information content (AvgIpc) is 2.30. The molecule has 1 atom stereocenters. The van der Waals surface area contributed by atoms with Crippen LogP contribution in [0.2, 0.25) is 0 Å². The maximum atomic E-state index is 11.5. The van der Waals surface area contributed by atoms with Crippen LogP contribution in [0.1, 0.15) is 6.92 Å². The summed E-state index contributed by atoms with van der Waals surface area (Å²) in [6.07, 6.45) is 0. The molecular formula is C11H14BrN3O3. The topological polar surface area (TPSA) is 93.4 Å². The minimum atomic E-state index is -0.873. The predicted molar refractivity (Wildman–Crippen MR) is 71.5 cm³/mol. The fourth-order valence-electron chi connectivity index (χ4n) is 1.29. The summed E-state index contributed by atoms with van der Waals surface area (Å²) >= 11 is 3.33. The molecule has 0 saturated heterocycles. The van der Waals surface area contributed by atoms with Gasteiger partial charge in [-0.15, -0.1) is 0 Å². The number of methoxy groups -OCH3 is 1. The molecule has 1 aromatic rings. The van der Waals surface area contributed by atoms with Crippen molar-refractivity contribution in [3.05, 3.63) is 22.7 Å². The van der Waals surface area contributed by atoms with Crippen LogP contribution in [0.3, 0.4) is 0 Å². The molecule has 1 unspecified atom stereocenters. The molecule has 6 nitrogen and oxygen atoms in total. The van der Waals surface area contributed by atoms with E-state index in [9.17, 15) is 9.59 Å². The Hall–Kier alpha value is -1.76. The Labute approximate surface area is 113 Å². The van der Waals surface area contributed by atoms with Gasteiger partial charge in [0.1, 0.15) is 11.8 Å². The van der Waals surface area contributed by atoms with Crippen LogP contribution >= 0.6 is 15.9 Å². The van der Waals surface area contributed by atoms with E-state index in [4.69, 9.17) is 10.5 Å². The van der Waals surface area contributed by atoms with Gasteiger partial charge in [0, 0.05) is 11.8 Å². The number of halogens is 1. The van der Waals surface area contributed by atoms with E-state index in [0.717, 1.165) is 4.47 Å². The number of hydrogen-bond acceptors (Lipinski definition) is 4. The van der Waals surface area contributed by atoms with Gasteiger partial charge in [0.2, 0.25) is 5.91 Å². The van der Waals surface area contributed by atoms with Crippen molar-refractivity contribution in [1.82, 2.24) is 5.32 Å². The maximum absolute atomic E-state index is 11.5. The Bertz CT molecular complexity index is 465. The number of ether oxygens (including phenoxy) is 1. The summed E-state index contributed by atoms with van der Waals surface area (Å²) in [5, 5.41) is 4.93. The molecule has 0 saturated carbocycles. The molecule has 4 N–H and O–H groups in total. The van der Waals surface area contributed by atoms with Crippen LogP contribution in [0.25, 0.3) is 0 Å². The molecule has 0 aromatic heterocycles. The number of imide groups is 1. The Morgan fingerprint density at radius 3 is 2.67 bits per heavy atom. The highest BCUT2D eigenvalue weighted by atomic mass is 79.9. The molecule has 98 valence electrons. The zero-order chi connectivity index (χ0) is 13.7. The molecule has 1 rings (SSSR count). The fourth-order valence-corrected chi connectivity index (χ4v) is 1.70. The van der Waals surface area contributed by atoms with Gasteiger partial charge in [-0.1, -0.05) is 0 Å². The Morgan fingerprint density at radius 2 is 2.11 bits per heavy atom. The predicted octanol–water partition coefficient (Wildman–Crippen LogP) is 1.45. The second kappa shape index (κ2) is 6.25. The highest BCUT2D eigenvalue weighted by Crippen LogP contribution is 2.28. The second-order valence-electron chi connectivity index (χ2n) is 3.57. The smallest absolute Gasteiger partial charge is 0.318 e. The van der Waals surface area contributed by atoms with Gasteiger partial charge in [-0.2, -0.15) is 0 Å². The second-order valence-corrected chi connectivity index (χ2v) is 4.42. The molecule has 0 radical (unpaired) electrons. The monoisotopic (exact) mass is 315 g/mol. The van der Waals surface area contributed by atoms with Gasteiger partial charge in [-0.3, -0.25) is 10.1 Å². The van der Waals surface area contributed by atoms with Crippen LogP contribution in [0.5, 0.6) is 5.75 Å². The number of nitrogens with one attached hydrogen (secondary N) is 2. The number of carbonyl (C=O) groups is 2. The van der Waals surface area contributed by atoms with E-state index in [0.29, 0.717) is 11.4 Å². The maximum Gasteiger partial charge on any atom is 0.318 e. The first-order chi connectivity index (χ1) is 8.43. The molecule has 0 aliphatic rings. The summed E-state index contributed by atoms with van der Waals surface area (Å²) in [6, 6.07) is 3.84. The summed E-state index contributed by atoms with van der Waals surface area (Å²) < 4.78 is 5.94. The molecule has 0 heterocycles. The highest BCUT2D eigenvalue weighted by molar-refractivity contribution is 9.10. The molecule has 0 fully saturated rings. The number of carbonyl (C=O) groups excluding carboxylic acids is 2. The third kappa shape index (κ3) is 3.92. The van der Waals surface area contributed by atoms with E-state index < -0.39 is 18.0 Å². The van der Waals surface area contributed by atoms with Crippen molar-refractivity contribution < 1.29 is 14.3 Å². The van der Waals surface area contributed by atoms with E-state index in [1.807, 2.05) is 5.32 Å². The molecule has 0 spiro atoms. The number of nitrogens with two attached hydrogens (primary N) is 1. The van der Waals surface area contributed by atoms with Crippen molar-refractivity contribution in [2.24, 2.45) is 5.73 Å². The third-order valence-electron chi connectivity index (χ3n) is 2.17. The SMILES string of the molecule is COc1cc(NC(C)C(=O)NC(N)=O)ccc1Br.